The van der Waals surface area contributed by atoms with E-state index in [-0.39, 0.29) is 0 Å². The van der Waals surface area contributed by atoms with Crippen LogP contribution in [0, 0.1) is 0 Å². The second-order valence-corrected chi connectivity index (χ2v) is 5.11. The molecule has 0 fully saturated rings. The van der Waals surface area contributed by atoms with Crippen molar-refractivity contribution >= 4 is 7.69 Å². The normalized spacial score (nSPS) is 10.5. The average molecular weight is 282 g/mol. The Morgan fingerprint density at radius 3 is 1.48 bits per heavy atom. The van der Waals surface area contributed by atoms with Crippen LogP contribution in [-0.2, 0) is 22.2 Å². The Morgan fingerprint density at radius 2 is 1.05 bits per heavy atom. The van der Waals surface area contributed by atoms with Crippen molar-refractivity contribution in [1.82, 2.24) is 0 Å². The van der Waals surface area contributed by atoms with Gasteiger partial charge < -0.3 is 9.31 Å². The molecule has 2 nitrogen and oxygen atoms in total. The van der Waals surface area contributed by atoms with Crippen LogP contribution >= 0.6 is 0 Å². The van der Waals surface area contributed by atoms with Gasteiger partial charge in [-0.1, -0.05) is 60.7 Å². The molecule has 0 saturated heterocycles. The predicted molar refractivity (Wildman–Crippen MR) is 88.6 cm³/mol. The molecule has 0 N–H and O–H groups in total. The fourth-order valence-corrected chi connectivity index (χ4v) is 2.22. The van der Waals surface area contributed by atoms with E-state index in [1.807, 2.05) is 12.1 Å². The summed E-state index contributed by atoms with van der Waals surface area (Å²) in [5, 5.41) is 0. The molecule has 2 aromatic carbocycles. The van der Waals surface area contributed by atoms with Crippen molar-refractivity contribution in [2.24, 2.45) is 0 Å². The van der Waals surface area contributed by atoms with Gasteiger partial charge in [0.15, 0.2) is 0 Å². The first-order valence-electron chi connectivity index (χ1n) is 7.68. The highest BCUT2D eigenvalue weighted by atomic mass is 16.6. The third-order valence-corrected chi connectivity index (χ3v) is 3.36. The fraction of sp³-hybridized carbons (Fsp3) is 0.333. The first-order valence-corrected chi connectivity index (χ1v) is 7.68. The zero-order valence-electron chi connectivity index (χ0n) is 12.5. The molecule has 21 heavy (non-hydrogen) atoms. The summed E-state index contributed by atoms with van der Waals surface area (Å²) in [6.07, 6.45) is 4.21. The molecule has 0 amide bonds. The molecule has 0 aliphatic heterocycles. The molecule has 0 spiro atoms. The van der Waals surface area contributed by atoms with Crippen LogP contribution in [0.5, 0.6) is 0 Å². The van der Waals surface area contributed by atoms with Gasteiger partial charge in [0.25, 0.3) is 0 Å². The summed E-state index contributed by atoms with van der Waals surface area (Å²) in [4.78, 5) is 0. The van der Waals surface area contributed by atoms with E-state index >= 15 is 0 Å². The van der Waals surface area contributed by atoms with Crippen LogP contribution in [0.1, 0.15) is 24.0 Å². The molecular weight excluding hydrogens is 259 g/mol. The highest BCUT2D eigenvalue weighted by Gasteiger charge is 1.96. The molecule has 0 aromatic heterocycles. The lowest BCUT2D eigenvalue weighted by Gasteiger charge is -2.05. The topological polar surface area (TPSA) is 18.5 Å². The van der Waals surface area contributed by atoms with Crippen LogP contribution in [-0.4, -0.2) is 20.9 Å². The summed E-state index contributed by atoms with van der Waals surface area (Å²) in [5.41, 5.74) is 2.73. The second kappa shape index (κ2) is 10.2. The van der Waals surface area contributed by atoms with E-state index in [2.05, 4.69) is 48.5 Å². The van der Waals surface area contributed by atoms with Gasteiger partial charge in [-0.05, 0) is 36.8 Å². The van der Waals surface area contributed by atoms with Crippen molar-refractivity contribution in [1.29, 1.82) is 0 Å². The molecule has 110 valence electrons. The number of hydrogen-bond donors (Lipinski definition) is 0. The summed E-state index contributed by atoms with van der Waals surface area (Å²) in [6, 6.07) is 21.0. The van der Waals surface area contributed by atoms with Crippen molar-refractivity contribution < 1.29 is 9.31 Å². The first kappa shape index (κ1) is 15.8. The van der Waals surface area contributed by atoms with Gasteiger partial charge >= 0.3 is 7.69 Å². The summed E-state index contributed by atoms with van der Waals surface area (Å²) in [7, 11) is 0.406. The van der Waals surface area contributed by atoms with Crippen molar-refractivity contribution in [2.75, 3.05) is 13.2 Å². The SMILES string of the molecule is B(OCCCc1ccccc1)OCCCc1ccccc1. The molecule has 0 unspecified atom stereocenters. The zero-order valence-corrected chi connectivity index (χ0v) is 12.5. The van der Waals surface area contributed by atoms with Gasteiger partial charge in [0, 0.05) is 13.2 Å². The smallest absolute Gasteiger partial charge is 0.414 e. The number of hydrogen-bond acceptors (Lipinski definition) is 2. The highest BCUT2D eigenvalue weighted by Crippen LogP contribution is 2.03. The number of benzene rings is 2. The Bertz CT molecular complexity index is 428. The van der Waals surface area contributed by atoms with Crippen LogP contribution in [0.3, 0.4) is 0 Å². The Balaban J connectivity index is 1.40. The van der Waals surface area contributed by atoms with Crippen LogP contribution in [0.4, 0.5) is 0 Å². The predicted octanol–water partition coefficient (Wildman–Crippen LogP) is 3.55. The van der Waals surface area contributed by atoms with Crippen molar-refractivity contribution in [3.05, 3.63) is 71.8 Å². The maximum atomic E-state index is 5.49. The van der Waals surface area contributed by atoms with Gasteiger partial charge in [0.2, 0.25) is 0 Å². The van der Waals surface area contributed by atoms with Gasteiger partial charge in [-0.25, -0.2) is 0 Å². The van der Waals surface area contributed by atoms with Crippen molar-refractivity contribution in [3.63, 3.8) is 0 Å². The molecule has 0 saturated carbocycles. The third kappa shape index (κ3) is 7.12. The van der Waals surface area contributed by atoms with Gasteiger partial charge in [0.05, 0.1) is 0 Å². The Hall–Kier alpha value is -1.58. The average Bonchev–Trinajstić information content (AvgIpc) is 2.55. The van der Waals surface area contributed by atoms with Crippen molar-refractivity contribution in [2.45, 2.75) is 25.7 Å². The maximum Gasteiger partial charge on any atom is 0.438 e. The minimum atomic E-state index is 0.406. The van der Waals surface area contributed by atoms with Gasteiger partial charge in [-0.15, -0.1) is 0 Å². The first-order chi connectivity index (χ1) is 10.4. The molecule has 0 atom stereocenters. The lowest BCUT2D eigenvalue weighted by molar-refractivity contribution is 0.217. The van der Waals surface area contributed by atoms with E-state index in [0.29, 0.717) is 7.69 Å². The molecule has 0 radical (unpaired) electrons. The number of aryl methyl sites for hydroxylation is 2. The van der Waals surface area contributed by atoms with E-state index in [1.54, 1.807) is 0 Å². The van der Waals surface area contributed by atoms with Crippen LogP contribution in [0.15, 0.2) is 60.7 Å². The van der Waals surface area contributed by atoms with Crippen molar-refractivity contribution in [3.8, 4) is 0 Å². The quantitative estimate of drug-likeness (QED) is 0.490. The maximum absolute atomic E-state index is 5.49. The molecule has 0 heterocycles. The summed E-state index contributed by atoms with van der Waals surface area (Å²) in [5.74, 6) is 0. The molecule has 2 rings (SSSR count). The lowest BCUT2D eigenvalue weighted by Crippen LogP contribution is -2.08. The largest absolute Gasteiger partial charge is 0.438 e. The minimum absolute atomic E-state index is 0.406. The van der Waals surface area contributed by atoms with Gasteiger partial charge in [-0.2, -0.15) is 0 Å². The van der Waals surface area contributed by atoms with E-state index < -0.39 is 0 Å². The summed E-state index contributed by atoms with van der Waals surface area (Å²) >= 11 is 0. The van der Waals surface area contributed by atoms with Crippen LogP contribution < -0.4 is 0 Å². The van der Waals surface area contributed by atoms with E-state index in [4.69, 9.17) is 9.31 Å². The molecule has 0 bridgehead atoms. The van der Waals surface area contributed by atoms with E-state index in [0.717, 1.165) is 38.9 Å². The molecule has 0 aliphatic rings. The Labute approximate surface area is 128 Å². The minimum Gasteiger partial charge on any atom is -0.414 e. The summed E-state index contributed by atoms with van der Waals surface area (Å²) in [6.45, 7) is 1.52. The van der Waals surface area contributed by atoms with Gasteiger partial charge in [0.1, 0.15) is 0 Å². The van der Waals surface area contributed by atoms with E-state index in [1.165, 1.54) is 11.1 Å². The van der Waals surface area contributed by atoms with Crippen LogP contribution in [0.2, 0.25) is 0 Å². The molecular formula is C18H23BO2. The summed E-state index contributed by atoms with van der Waals surface area (Å²) < 4.78 is 11.0. The number of rotatable bonds is 10. The zero-order chi connectivity index (χ0) is 14.6. The molecule has 2 aromatic rings. The second-order valence-electron chi connectivity index (χ2n) is 5.11. The Kier molecular flexibility index (Phi) is 7.67. The standard InChI is InChI=1S/C18H23BO2/c1-3-9-17(10-4-1)13-7-15-20-19-21-16-8-14-18-11-5-2-6-12-18/h1-6,9-12,19H,7-8,13-16H2. The Morgan fingerprint density at radius 1 is 0.619 bits per heavy atom. The third-order valence-electron chi connectivity index (χ3n) is 3.36. The fourth-order valence-electron chi connectivity index (χ4n) is 2.22. The molecule has 3 heteroatoms. The molecule has 0 aliphatic carbocycles. The monoisotopic (exact) mass is 282 g/mol. The van der Waals surface area contributed by atoms with Crippen LogP contribution in [0.25, 0.3) is 0 Å². The highest BCUT2D eigenvalue weighted by molar-refractivity contribution is 6.17. The van der Waals surface area contributed by atoms with Gasteiger partial charge in [-0.3, -0.25) is 0 Å². The lowest BCUT2D eigenvalue weighted by atomic mass is 10.1. The van der Waals surface area contributed by atoms with E-state index in [9.17, 15) is 0 Å².